The number of hydrogen-bond donors (Lipinski definition) is 1. The molecule has 0 spiro atoms. The van der Waals surface area contributed by atoms with Gasteiger partial charge in [0.05, 0.1) is 19.0 Å². The Morgan fingerprint density at radius 3 is 2.92 bits per heavy atom. The van der Waals surface area contributed by atoms with Crippen LogP contribution in [0.15, 0.2) is 55.0 Å². The molecule has 0 atom stereocenters. The predicted molar refractivity (Wildman–Crippen MR) is 94.4 cm³/mol. The van der Waals surface area contributed by atoms with Gasteiger partial charge < -0.3 is 10.1 Å². The minimum absolute atomic E-state index is 0.649. The largest absolute Gasteiger partial charge is 0.496 e. The van der Waals surface area contributed by atoms with Crippen LogP contribution in [-0.2, 0) is 6.54 Å². The van der Waals surface area contributed by atoms with Gasteiger partial charge in [0.1, 0.15) is 5.75 Å². The van der Waals surface area contributed by atoms with Crippen LogP contribution in [0.4, 0.5) is 5.13 Å². The quantitative estimate of drug-likeness (QED) is 0.604. The van der Waals surface area contributed by atoms with E-state index >= 15 is 0 Å². The summed E-state index contributed by atoms with van der Waals surface area (Å²) < 4.78 is 7.15. The van der Waals surface area contributed by atoms with E-state index < -0.39 is 0 Å². The number of methoxy groups -OCH3 is 1. The Morgan fingerprint density at radius 2 is 2.12 bits per heavy atom. The molecule has 0 saturated carbocycles. The van der Waals surface area contributed by atoms with Crippen molar-refractivity contribution in [3.05, 3.63) is 60.6 Å². The average Bonchev–Trinajstić information content (AvgIpc) is 3.19. The minimum atomic E-state index is 0.649. The van der Waals surface area contributed by atoms with E-state index in [0.717, 1.165) is 32.7 Å². The maximum absolute atomic E-state index is 5.36. The van der Waals surface area contributed by atoms with Gasteiger partial charge in [-0.15, -0.1) is 5.10 Å². The van der Waals surface area contributed by atoms with E-state index in [0.29, 0.717) is 6.54 Å². The topological polar surface area (TPSA) is 64.3 Å². The lowest BCUT2D eigenvalue weighted by atomic mass is 10.2. The molecule has 0 aliphatic rings. The lowest BCUT2D eigenvalue weighted by Crippen LogP contribution is -2.01. The van der Waals surface area contributed by atoms with Crippen LogP contribution in [0.25, 0.3) is 16.2 Å². The fourth-order valence-corrected chi connectivity index (χ4v) is 3.22. The molecule has 6 nitrogen and oxygen atoms in total. The number of benzene rings is 1. The third kappa shape index (κ3) is 2.81. The van der Waals surface area contributed by atoms with Crippen molar-refractivity contribution in [1.82, 2.24) is 19.6 Å². The van der Waals surface area contributed by atoms with Crippen LogP contribution in [0.5, 0.6) is 5.75 Å². The SMILES string of the molecule is COc1ccccc1CNc1nn2cc(-c3cccnc3)nc2s1. The molecule has 4 aromatic rings. The molecule has 1 aromatic carbocycles. The van der Waals surface area contributed by atoms with Crippen molar-refractivity contribution in [3.63, 3.8) is 0 Å². The number of fused-ring (bicyclic) bond motifs is 1. The summed E-state index contributed by atoms with van der Waals surface area (Å²) in [6, 6.07) is 11.8. The first kappa shape index (κ1) is 14.6. The van der Waals surface area contributed by atoms with Gasteiger partial charge in [0.25, 0.3) is 0 Å². The van der Waals surface area contributed by atoms with Gasteiger partial charge in [0.2, 0.25) is 10.1 Å². The number of ether oxygens (including phenoxy) is 1. The van der Waals surface area contributed by atoms with Crippen molar-refractivity contribution in [3.8, 4) is 17.0 Å². The van der Waals surface area contributed by atoms with Crippen LogP contribution in [0.3, 0.4) is 0 Å². The third-order valence-electron chi connectivity index (χ3n) is 3.62. The number of para-hydroxylation sites is 1. The highest BCUT2D eigenvalue weighted by Gasteiger charge is 2.10. The lowest BCUT2D eigenvalue weighted by molar-refractivity contribution is 0.410. The Bertz CT molecular complexity index is 932. The number of anilines is 1. The van der Waals surface area contributed by atoms with Crippen LogP contribution >= 0.6 is 11.3 Å². The normalized spacial score (nSPS) is 10.9. The molecule has 0 unspecified atom stereocenters. The second-order valence-corrected chi connectivity index (χ2v) is 6.12. The van der Waals surface area contributed by atoms with Gasteiger partial charge in [-0.2, -0.15) is 0 Å². The minimum Gasteiger partial charge on any atom is -0.496 e. The fraction of sp³-hybridized carbons (Fsp3) is 0.118. The summed E-state index contributed by atoms with van der Waals surface area (Å²) in [5, 5.41) is 8.67. The van der Waals surface area contributed by atoms with Crippen LogP contribution in [0, 0.1) is 0 Å². The zero-order valence-electron chi connectivity index (χ0n) is 13.0. The first-order chi connectivity index (χ1) is 11.8. The van der Waals surface area contributed by atoms with Crippen LogP contribution in [-0.4, -0.2) is 26.7 Å². The molecule has 0 aliphatic carbocycles. The molecule has 7 heteroatoms. The summed E-state index contributed by atoms with van der Waals surface area (Å²) >= 11 is 1.51. The second-order valence-electron chi connectivity index (χ2n) is 5.17. The van der Waals surface area contributed by atoms with E-state index in [1.54, 1.807) is 24.0 Å². The summed E-state index contributed by atoms with van der Waals surface area (Å²) in [5.74, 6) is 0.866. The average molecular weight is 337 g/mol. The maximum Gasteiger partial charge on any atom is 0.214 e. The Hall–Kier alpha value is -2.93. The maximum atomic E-state index is 5.36. The Balaban J connectivity index is 1.53. The van der Waals surface area contributed by atoms with E-state index in [2.05, 4.69) is 20.4 Å². The Morgan fingerprint density at radius 1 is 1.21 bits per heavy atom. The third-order valence-corrected chi connectivity index (χ3v) is 4.50. The molecule has 0 aliphatic heterocycles. The zero-order chi connectivity index (χ0) is 16.4. The lowest BCUT2D eigenvalue weighted by Gasteiger charge is -2.07. The van der Waals surface area contributed by atoms with E-state index in [1.807, 2.05) is 42.6 Å². The van der Waals surface area contributed by atoms with Crippen molar-refractivity contribution < 1.29 is 4.74 Å². The first-order valence-corrected chi connectivity index (χ1v) is 8.27. The van der Waals surface area contributed by atoms with Gasteiger partial charge in [0, 0.05) is 30.1 Å². The van der Waals surface area contributed by atoms with Crippen molar-refractivity contribution >= 4 is 21.4 Å². The standard InChI is InChI=1S/C17H15N5OS/c1-23-15-7-3-2-5-13(15)10-19-16-21-22-11-14(20-17(22)24-16)12-6-4-8-18-9-12/h2-9,11H,10H2,1H3,(H,19,21). The van der Waals surface area contributed by atoms with Crippen molar-refractivity contribution in [2.45, 2.75) is 6.54 Å². The fourth-order valence-electron chi connectivity index (χ4n) is 2.44. The van der Waals surface area contributed by atoms with E-state index in [9.17, 15) is 0 Å². The molecular weight excluding hydrogens is 322 g/mol. The number of imidazole rings is 1. The highest BCUT2D eigenvalue weighted by atomic mass is 32.1. The van der Waals surface area contributed by atoms with Gasteiger partial charge in [-0.05, 0) is 18.2 Å². The molecule has 0 saturated heterocycles. The Labute approximate surface area is 142 Å². The monoisotopic (exact) mass is 337 g/mol. The number of nitrogens with zero attached hydrogens (tertiary/aromatic N) is 4. The van der Waals surface area contributed by atoms with E-state index in [4.69, 9.17) is 4.74 Å². The Kier molecular flexibility index (Phi) is 3.84. The van der Waals surface area contributed by atoms with Crippen molar-refractivity contribution in [2.24, 2.45) is 0 Å². The summed E-state index contributed by atoms with van der Waals surface area (Å²) in [5.41, 5.74) is 2.95. The molecule has 3 heterocycles. The molecular formula is C17H15N5OS. The van der Waals surface area contributed by atoms with E-state index in [1.165, 1.54) is 11.3 Å². The van der Waals surface area contributed by atoms with Crippen LogP contribution in [0.2, 0.25) is 0 Å². The first-order valence-electron chi connectivity index (χ1n) is 7.46. The van der Waals surface area contributed by atoms with Crippen molar-refractivity contribution in [2.75, 3.05) is 12.4 Å². The van der Waals surface area contributed by atoms with Gasteiger partial charge in [-0.1, -0.05) is 29.5 Å². The molecule has 4 rings (SSSR count). The predicted octanol–water partition coefficient (Wildman–Crippen LogP) is 3.47. The molecule has 0 fully saturated rings. The summed E-state index contributed by atoms with van der Waals surface area (Å²) in [4.78, 5) is 9.57. The molecule has 24 heavy (non-hydrogen) atoms. The number of aromatic nitrogens is 4. The highest BCUT2D eigenvalue weighted by Crippen LogP contribution is 2.25. The molecule has 0 bridgehead atoms. The molecule has 0 amide bonds. The van der Waals surface area contributed by atoms with Crippen molar-refractivity contribution in [1.29, 1.82) is 0 Å². The number of pyridine rings is 1. The van der Waals surface area contributed by atoms with Gasteiger partial charge in [-0.3, -0.25) is 4.98 Å². The molecule has 1 N–H and O–H groups in total. The molecule has 3 aromatic heterocycles. The molecule has 120 valence electrons. The number of rotatable bonds is 5. The smallest absolute Gasteiger partial charge is 0.214 e. The second kappa shape index (κ2) is 6.29. The number of hydrogen-bond acceptors (Lipinski definition) is 6. The van der Waals surface area contributed by atoms with E-state index in [-0.39, 0.29) is 0 Å². The highest BCUT2D eigenvalue weighted by molar-refractivity contribution is 7.20. The summed E-state index contributed by atoms with van der Waals surface area (Å²) in [6.07, 6.45) is 5.46. The zero-order valence-corrected chi connectivity index (χ0v) is 13.8. The van der Waals surface area contributed by atoms with Gasteiger partial charge in [0.15, 0.2) is 0 Å². The van der Waals surface area contributed by atoms with Crippen LogP contribution in [0.1, 0.15) is 5.56 Å². The van der Waals surface area contributed by atoms with Gasteiger partial charge in [-0.25, -0.2) is 9.50 Å². The molecule has 0 radical (unpaired) electrons. The van der Waals surface area contributed by atoms with Crippen LogP contribution < -0.4 is 10.1 Å². The number of nitrogens with one attached hydrogen (secondary N) is 1. The summed E-state index contributed by atoms with van der Waals surface area (Å²) in [6.45, 7) is 0.649. The summed E-state index contributed by atoms with van der Waals surface area (Å²) in [7, 11) is 1.68. The van der Waals surface area contributed by atoms with Gasteiger partial charge >= 0.3 is 0 Å².